The molecular weight excluding hydrogens is 372 g/mol. The Bertz CT molecular complexity index is 841. The molecule has 29 heavy (non-hydrogen) atoms. The topological polar surface area (TPSA) is 84.9 Å². The average Bonchev–Trinajstić information content (AvgIpc) is 3.26. The Labute approximate surface area is 169 Å². The lowest BCUT2D eigenvalue weighted by atomic mass is 10.1. The van der Waals surface area contributed by atoms with Crippen molar-refractivity contribution in [3.05, 3.63) is 71.8 Å². The zero-order valence-corrected chi connectivity index (χ0v) is 16.2. The van der Waals surface area contributed by atoms with Crippen molar-refractivity contribution in [1.29, 1.82) is 0 Å². The molecule has 0 unspecified atom stereocenters. The fourth-order valence-electron chi connectivity index (χ4n) is 3.34. The summed E-state index contributed by atoms with van der Waals surface area (Å²) >= 11 is 0. The monoisotopic (exact) mass is 396 g/mol. The van der Waals surface area contributed by atoms with Crippen LogP contribution in [0.15, 0.2) is 60.7 Å². The Kier molecular flexibility index (Phi) is 6.84. The van der Waals surface area contributed by atoms with E-state index in [0.29, 0.717) is 24.9 Å². The summed E-state index contributed by atoms with van der Waals surface area (Å²) in [4.78, 5) is 39.0. The van der Waals surface area contributed by atoms with Crippen LogP contribution in [0.4, 0.5) is 4.79 Å². The Morgan fingerprint density at radius 1 is 1.07 bits per heavy atom. The third-order valence-corrected chi connectivity index (χ3v) is 4.85. The normalized spacial score (nSPS) is 16.7. The van der Waals surface area contributed by atoms with Gasteiger partial charge in [-0.25, -0.2) is 9.59 Å². The molecule has 1 fully saturated rings. The first kappa shape index (κ1) is 20.4. The molecule has 1 N–H and O–H groups in total. The smallest absolute Gasteiger partial charge is 0.410 e. The predicted molar refractivity (Wildman–Crippen MR) is 106 cm³/mol. The molecule has 0 bridgehead atoms. The Hall–Kier alpha value is -3.35. The maximum Gasteiger partial charge on any atom is 0.410 e. The molecule has 0 aliphatic carbocycles. The van der Waals surface area contributed by atoms with Crippen molar-refractivity contribution in [1.82, 2.24) is 10.2 Å². The van der Waals surface area contributed by atoms with Gasteiger partial charge in [-0.3, -0.25) is 9.69 Å². The van der Waals surface area contributed by atoms with Crippen molar-refractivity contribution in [3.63, 3.8) is 0 Å². The van der Waals surface area contributed by atoms with Gasteiger partial charge in [-0.1, -0.05) is 60.7 Å². The van der Waals surface area contributed by atoms with Crippen LogP contribution in [0, 0.1) is 0 Å². The van der Waals surface area contributed by atoms with Crippen LogP contribution in [0.5, 0.6) is 0 Å². The van der Waals surface area contributed by atoms with Crippen molar-refractivity contribution in [3.8, 4) is 0 Å². The molecule has 0 aromatic heterocycles. The second-order valence-corrected chi connectivity index (χ2v) is 6.77. The molecule has 2 amide bonds. The summed E-state index contributed by atoms with van der Waals surface area (Å²) in [6, 6.07) is 16.6. The number of carbonyl (C=O) groups is 3. The number of esters is 1. The van der Waals surface area contributed by atoms with Gasteiger partial charge in [0.25, 0.3) is 0 Å². The fourth-order valence-corrected chi connectivity index (χ4v) is 3.34. The van der Waals surface area contributed by atoms with Crippen LogP contribution in [-0.2, 0) is 25.7 Å². The van der Waals surface area contributed by atoms with Gasteiger partial charge in [0.2, 0.25) is 5.91 Å². The van der Waals surface area contributed by atoms with E-state index in [0.717, 1.165) is 5.56 Å². The molecule has 0 spiro atoms. The van der Waals surface area contributed by atoms with Crippen LogP contribution < -0.4 is 5.32 Å². The number of nitrogens with zero attached hydrogens (tertiary/aromatic N) is 1. The summed E-state index contributed by atoms with van der Waals surface area (Å²) in [6.45, 7) is 0.569. The van der Waals surface area contributed by atoms with Crippen molar-refractivity contribution < 1.29 is 23.9 Å². The number of methoxy groups -OCH3 is 1. The number of rotatable bonds is 6. The first-order valence-electron chi connectivity index (χ1n) is 9.50. The largest absolute Gasteiger partial charge is 0.467 e. The van der Waals surface area contributed by atoms with Gasteiger partial charge in [-0.15, -0.1) is 0 Å². The zero-order valence-electron chi connectivity index (χ0n) is 16.2. The highest BCUT2D eigenvalue weighted by atomic mass is 16.6. The maximum absolute atomic E-state index is 12.9. The van der Waals surface area contributed by atoms with Crippen LogP contribution >= 0.6 is 0 Å². The Morgan fingerprint density at radius 2 is 1.72 bits per heavy atom. The zero-order chi connectivity index (χ0) is 20.6. The average molecular weight is 396 g/mol. The molecule has 1 heterocycles. The van der Waals surface area contributed by atoms with E-state index in [-0.39, 0.29) is 6.61 Å². The van der Waals surface area contributed by atoms with E-state index >= 15 is 0 Å². The molecule has 2 aromatic carbocycles. The molecule has 0 saturated carbocycles. The third kappa shape index (κ3) is 5.13. The van der Waals surface area contributed by atoms with Gasteiger partial charge in [0.15, 0.2) is 6.04 Å². The number of likely N-dealkylation sites (tertiary alicyclic amines) is 1. The van der Waals surface area contributed by atoms with E-state index in [1.54, 1.807) is 24.3 Å². The summed E-state index contributed by atoms with van der Waals surface area (Å²) in [5, 5.41) is 2.72. The second-order valence-electron chi connectivity index (χ2n) is 6.77. The van der Waals surface area contributed by atoms with Crippen molar-refractivity contribution in [2.75, 3.05) is 13.7 Å². The number of carbonyl (C=O) groups excluding carboxylic acids is 3. The quantitative estimate of drug-likeness (QED) is 0.759. The molecule has 1 aliphatic rings. The second kappa shape index (κ2) is 9.73. The summed E-state index contributed by atoms with van der Waals surface area (Å²) in [6.07, 6.45) is 0.655. The van der Waals surface area contributed by atoms with E-state index in [1.165, 1.54) is 12.0 Å². The third-order valence-electron chi connectivity index (χ3n) is 4.85. The standard InChI is InChI=1S/C22H24N2O5/c1-28-21(26)19(17-11-6-3-7-12-17)23-20(25)18-13-8-14-24(18)22(27)29-15-16-9-4-2-5-10-16/h2-7,9-12,18-19H,8,13-15H2,1H3,(H,23,25)/t18-,19+/m0/s1. The SMILES string of the molecule is COC(=O)[C@H](NC(=O)[C@@H]1CCCN1C(=O)OCc1ccccc1)c1ccccc1. The van der Waals surface area contributed by atoms with Crippen LogP contribution in [0.1, 0.15) is 30.0 Å². The number of amides is 2. The Balaban J connectivity index is 1.65. The number of nitrogens with one attached hydrogen (secondary N) is 1. The van der Waals surface area contributed by atoms with Gasteiger partial charge in [-0.05, 0) is 24.0 Å². The van der Waals surface area contributed by atoms with Crippen molar-refractivity contribution >= 4 is 18.0 Å². The highest BCUT2D eigenvalue weighted by Crippen LogP contribution is 2.21. The number of ether oxygens (including phenoxy) is 2. The molecule has 3 rings (SSSR count). The lowest BCUT2D eigenvalue weighted by Crippen LogP contribution is -2.48. The molecule has 7 nitrogen and oxygen atoms in total. The number of benzene rings is 2. The summed E-state index contributed by atoms with van der Waals surface area (Å²) < 4.78 is 10.2. The van der Waals surface area contributed by atoms with Crippen LogP contribution in [0.2, 0.25) is 0 Å². The molecule has 2 aromatic rings. The minimum Gasteiger partial charge on any atom is -0.467 e. The Morgan fingerprint density at radius 3 is 2.38 bits per heavy atom. The van der Waals surface area contributed by atoms with Gasteiger partial charge in [0, 0.05) is 6.54 Å². The van der Waals surface area contributed by atoms with E-state index in [4.69, 9.17) is 9.47 Å². The van der Waals surface area contributed by atoms with Gasteiger partial charge < -0.3 is 14.8 Å². The van der Waals surface area contributed by atoms with E-state index in [9.17, 15) is 14.4 Å². The van der Waals surface area contributed by atoms with Gasteiger partial charge >= 0.3 is 12.1 Å². The van der Waals surface area contributed by atoms with Crippen molar-refractivity contribution in [2.24, 2.45) is 0 Å². The lowest BCUT2D eigenvalue weighted by molar-refractivity contribution is -0.145. The lowest BCUT2D eigenvalue weighted by Gasteiger charge is -2.25. The first-order valence-corrected chi connectivity index (χ1v) is 9.50. The van der Waals surface area contributed by atoms with E-state index < -0.39 is 30.1 Å². The molecule has 1 aliphatic heterocycles. The fraction of sp³-hybridized carbons (Fsp3) is 0.318. The molecule has 2 atom stereocenters. The van der Waals surface area contributed by atoms with Crippen LogP contribution in [0.25, 0.3) is 0 Å². The summed E-state index contributed by atoms with van der Waals surface area (Å²) in [7, 11) is 1.27. The number of hydrogen-bond donors (Lipinski definition) is 1. The molecule has 152 valence electrons. The van der Waals surface area contributed by atoms with Crippen LogP contribution in [0.3, 0.4) is 0 Å². The molecular formula is C22H24N2O5. The molecule has 7 heteroatoms. The highest BCUT2D eigenvalue weighted by Gasteiger charge is 2.37. The maximum atomic E-state index is 12.9. The van der Waals surface area contributed by atoms with Gasteiger partial charge in [0.1, 0.15) is 12.6 Å². The first-order chi connectivity index (χ1) is 14.1. The van der Waals surface area contributed by atoms with Crippen molar-refractivity contribution in [2.45, 2.75) is 31.5 Å². The van der Waals surface area contributed by atoms with E-state index in [1.807, 2.05) is 36.4 Å². The van der Waals surface area contributed by atoms with E-state index in [2.05, 4.69) is 5.32 Å². The van der Waals surface area contributed by atoms with Gasteiger partial charge in [-0.2, -0.15) is 0 Å². The minimum atomic E-state index is -0.934. The number of hydrogen-bond acceptors (Lipinski definition) is 5. The van der Waals surface area contributed by atoms with Crippen LogP contribution in [-0.4, -0.2) is 42.6 Å². The molecule has 1 saturated heterocycles. The summed E-state index contributed by atoms with van der Waals surface area (Å²) in [5.74, 6) is -0.973. The summed E-state index contributed by atoms with van der Waals surface area (Å²) in [5.41, 5.74) is 1.49. The molecule has 0 radical (unpaired) electrons. The predicted octanol–water partition coefficient (Wildman–Crippen LogP) is 2.82. The highest BCUT2D eigenvalue weighted by molar-refractivity contribution is 5.90. The minimum absolute atomic E-state index is 0.138. The van der Waals surface area contributed by atoms with Gasteiger partial charge in [0.05, 0.1) is 7.11 Å².